The highest BCUT2D eigenvalue weighted by Crippen LogP contribution is 2.17. The number of hydrogen-bond donors (Lipinski definition) is 1. The molecule has 2 heterocycles. The second kappa shape index (κ2) is 6.24. The predicted molar refractivity (Wildman–Crippen MR) is 75.2 cm³/mol. The van der Waals surface area contributed by atoms with E-state index in [9.17, 15) is 4.79 Å². The van der Waals surface area contributed by atoms with Gasteiger partial charge in [-0.25, -0.2) is 0 Å². The van der Waals surface area contributed by atoms with Crippen LogP contribution >= 0.6 is 0 Å². The number of furan rings is 1. The Kier molecular flexibility index (Phi) is 4.64. The molecule has 1 amide bonds. The molecule has 1 aromatic rings. The van der Waals surface area contributed by atoms with Crippen molar-refractivity contribution < 1.29 is 9.21 Å². The first kappa shape index (κ1) is 14.1. The average molecular weight is 264 g/mol. The van der Waals surface area contributed by atoms with Gasteiger partial charge in [-0.05, 0) is 58.7 Å². The Morgan fingerprint density at radius 2 is 2.37 bits per heavy atom. The summed E-state index contributed by atoms with van der Waals surface area (Å²) < 4.78 is 5.25. The SMILES string of the molecule is Cc1cc(C(=O)N(CC2CCCNC2)C(C)C)co1. The summed E-state index contributed by atoms with van der Waals surface area (Å²) in [5.41, 5.74) is 0.662. The standard InChI is InChI=1S/C15H24N2O2/c1-11(2)17(9-13-5-4-6-16-8-13)15(18)14-7-12(3)19-10-14/h7,10-11,13,16H,4-6,8-9H2,1-3H3. The highest BCUT2D eigenvalue weighted by molar-refractivity contribution is 5.94. The molecule has 2 rings (SSSR count). The van der Waals surface area contributed by atoms with E-state index < -0.39 is 0 Å². The molecule has 4 heteroatoms. The maximum atomic E-state index is 12.5. The van der Waals surface area contributed by atoms with Crippen LogP contribution in [0, 0.1) is 12.8 Å². The van der Waals surface area contributed by atoms with Gasteiger partial charge in [-0.2, -0.15) is 0 Å². The highest BCUT2D eigenvalue weighted by atomic mass is 16.3. The zero-order valence-corrected chi connectivity index (χ0v) is 12.1. The molecule has 1 unspecified atom stereocenters. The minimum Gasteiger partial charge on any atom is -0.469 e. The summed E-state index contributed by atoms with van der Waals surface area (Å²) >= 11 is 0. The minimum atomic E-state index is 0.0809. The molecule has 0 aliphatic carbocycles. The molecule has 0 aromatic carbocycles. The van der Waals surface area contributed by atoms with Crippen molar-refractivity contribution in [1.82, 2.24) is 10.2 Å². The van der Waals surface area contributed by atoms with E-state index >= 15 is 0 Å². The third-order valence-electron chi connectivity index (χ3n) is 3.72. The Balaban J connectivity index is 2.04. The van der Waals surface area contributed by atoms with Crippen LogP contribution < -0.4 is 5.32 Å². The van der Waals surface area contributed by atoms with Gasteiger partial charge in [0, 0.05) is 12.6 Å². The fraction of sp³-hybridized carbons (Fsp3) is 0.667. The van der Waals surface area contributed by atoms with Gasteiger partial charge < -0.3 is 14.6 Å². The molecule has 106 valence electrons. The fourth-order valence-electron chi connectivity index (χ4n) is 2.61. The third kappa shape index (κ3) is 3.60. The summed E-state index contributed by atoms with van der Waals surface area (Å²) in [6, 6.07) is 2.03. The maximum absolute atomic E-state index is 12.5. The number of rotatable bonds is 4. The monoisotopic (exact) mass is 264 g/mol. The Labute approximate surface area is 115 Å². The van der Waals surface area contributed by atoms with E-state index in [0.29, 0.717) is 11.5 Å². The van der Waals surface area contributed by atoms with Crippen molar-refractivity contribution in [2.45, 2.75) is 39.7 Å². The number of aryl methyl sites for hydroxylation is 1. The summed E-state index contributed by atoms with van der Waals surface area (Å²) in [4.78, 5) is 14.5. The molecule has 1 N–H and O–H groups in total. The predicted octanol–water partition coefficient (Wildman–Crippen LogP) is 2.44. The van der Waals surface area contributed by atoms with Crippen molar-refractivity contribution in [2.75, 3.05) is 19.6 Å². The third-order valence-corrected chi connectivity index (χ3v) is 3.72. The second-order valence-corrected chi connectivity index (χ2v) is 5.71. The van der Waals surface area contributed by atoms with Crippen LogP contribution in [0.3, 0.4) is 0 Å². The van der Waals surface area contributed by atoms with Crippen LogP contribution in [0.25, 0.3) is 0 Å². The van der Waals surface area contributed by atoms with Gasteiger partial charge in [0.25, 0.3) is 5.91 Å². The molecule has 4 nitrogen and oxygen atoms in total. The van der Waals surface area contributed by atoms with Crippen LogP contribution in [-0.2, 0) is 0 Å². The smallest absolute Gasteiger partial charge is 0.257 e. The van der Waals surface area contributed by atoms with E-state index in [2.05, 4.69) is 19.2 Å². The van der Waals surface area contributed by atoms with Crippen molar-refractivity contribution >= 4 is 5.91 Å². The van der Waals surface area contributed by atoms with Gasteiger partial charge in [-0.1, -0.05) is 0 Å². The number of nitrogens with one attached hydrogen (secondary N) is 1. The van der Waals surface area contributed by atoms with E-state index in [1.807, 2.05) is 17.9 Å². The summed E-state index contributed by atoms with van der Waals surface area (Å²) in [5.74, 6) is 1.43. The number of carbonyl (C=O) groups is 1. The minimum absolute atomic E-state index is 0.0809. The van der Waals surface area contributed by atoms with E-state index in [-0.39, 0.29) is 11.9 Å². The summed E-state index contributed by atoms with van der Waals surface area (Å²) in [6.07, 6.45) is 3.97. The van der Waals surface area contributed by atoms with Crippen molar-refractivity contribution in [2.24, 2.45) is 5.92 Å². The lowest BCUT2D eigenvalue weighted by molar-refractivity contribution is 0.0660. The van der Waals surface area contributed by atoms with Crippen LogP contribution in [0.4, 0.5) is 0 Å². The van der Waals surface area contributed by atoms with Crippen molar-refractivity contribution in [3.8, 4) is 0 Å². The number of piperidine rings is 1. The Hall–Kier alpha value is -1.29. The molecule has 1 fully saturated rings. The average Bonchev–Trinajstić information content (AvgIpc) is 2.83. The molecule has 0 saturated carbocycles. The van der Waals surface area contributed by atoms with E-state index in [1.54, 1.807) is 6.26 Å². The summed E-state index contributed by atoms with van der Waals surface area (Å²) in [6.45, 7) is 8.95. The van der Waals surface area contributed by atoms with E-state index in [4.69, 9.17) is 4.42 Å². The van der Waals surface area contributed by atoms with Crippen LogP contribution in [0.5, 0.6) is 0 Å². The Morgan fingerprint density at radius 3 is 2.89 bits per heavy atom. The van der Waals surface area contributed by atoms with Crippen molar-refractivity contribution in [3.05, 3.63) is 23.7 Å². The first-order valence-electron chi connectivity index (χ1n) is 7.14. The van der Waals surface area contributed by atoms with Crippen LogP contribution in [-0.4, -0.2) is 36.5 Å². The molecule has 1 aromatic heterocycles. The van der Waals surface area contributed by atoms with Crippen LogP contribution in [0.1, 0.15) is 42.8 Å². The Bertz CT molecular complexity index is 420. The quantitative estimate of drug-likeness (QED) is 0.908. The fourth-order valence-corrected chi connectivity index (χ4v) is 2.61. The van der Waals surface area contributed by atoms with Gasteiger partial charge in [0.05, 0.1) is 5.56 Å². The van der Waals surface area contributed by atoms with Gasteiger partial charge in [0.2, 0.25) is 0 Å². The van der Waals surface area contributed by atoms with Gasteiger partial charge in [-0.15, -0.1) is 0 Å². The van der Waals surface area contributed by atoms with Gasteiger partial charge in [-0.3, -0.25) is 4.79 Å². The lowest BCUT2D eigenvalue weighted by atomic mass is 9.98. The molecule has 1 atom stereocenters. The molecular weight excluding hydrogens is 240 g/mol. The second-order valence-electron chi connectivity index (χ2n) is 5.71. The maximum Gasteiger partial charge on any atom is 0.257 e. The summed E-state index contributed by atoms with van der Waals surface area (Å²) in [5, 5.41) is 3.41. The van der Waals surface area contributed by atoms with E-state index in [0.717, 1.165) is 25.4 Å². The first-order valence-corrected chi connectivity index (χ1v) is 7.14. The van der Waals surface area contributed by atoms with Gasteiger partial charge in [0.15, 0.2) is 0 Å². The molecule has 0 spiro atoms. The lowest BCUT2D eigenvalue weighted by Crippen LogP contribution is -2.44. The Morgan fingerprint density at radius 1 is 1.58 bits per heavy atom. The molecule has 1 aliphatic heterocycles. The number of amides is 1. The zero-order valence-electron chi connectivity index (χ0n) is 12.1. The molecule has 19 heavy (non-hydrogen) atoms. The number of carbonyl (C=O) groups excluding carboxylic acids is 1. The lowest BCUT2D eigenvalue weighted by Gasteiger charge is -2.32. The number of nitrogens with zero attached hydrogens (tertiary/aromatic N) is 1. The largest absolute Gasteiger partial charge is 0.469 e. The van der Waals surface area contributed by atoms with Crippen molar-refractivity contribution in [3.63, 3.8) is 0 Å². The van der Waals surface area contributed by atoms with Crippen LogP contribution in [0.15, 0.2) is 16.7 Å². The summed E-state index contributed by atoms with van der Waals surface area (Å²) in [7, 11) is 0. The molecule has 0 bridgehead atoms. The number of hydrogen-bond acceptors (Lipinski definition) is 3. The van der Waals surface area contributed by atoms with E-state index in [1.165, 1.54) is 12.8 Å². The zero-order chi connectivity index (χ0) is 13.8. The van der Waals surface area contributed by atoms with Gasteiger partial charge >= 0.3 is 0 Å². The molecule has 1 saturated heterocycles. The first-order chi connectivity index (χ1) is 9.08. The van der Waals surface area contributed by atoms with Crippen LogP contribution in [0.2, 0.25) is 0 Å². The molecule has 0 radical (unpaired) electrons. The molecular formula is C15H24N2O2. The molecule has 1 aliphatic rings. The van der Waals surface area contributed by atoms with Gasteiger partial charge in [0.1, 0.15) is 12.0 Å². The van der Waals surface area contributed by atoms with Crippen molar-refractivity contribution in [1.29, 1.82) is 0 Å². The normalized spacial score (nSPS) is 19.7. The topological polar surface area (TPSA) is 45.5 Å². The highest BCUT2D eigenvalue weighted by Gasteiger charge is 2.24.